The Kier molecular flexibility index (Phi) is 6.63. The number of carbonyl (C=O) groups is 1. The van der Waals surface area contributed by atoms with E-state index in [9.17, 15) is 17.6 Å². The lowest BCUT2D eigenvalue weighted by Gasteiger charge is -2.13. The molecule has 9 heteroatoms. The molecule has 0 aliphatic rings. The summed E-state index contributed by atoms with van der Waals surface area (Å²) in [5, 5.41) is 7.00. The number of nitrogens with one attached hydrogen (secondary N) is 2. The molecule has 158 valence electrons. The molecule has 0 atom stereocenters. The molecule has 0 aliphatic heterocycles. The van der Waals surface area contributed by atoms with Crippen molar-refractivity contribution in [3.8, 4) is 5.69 Å². The monoisotopic (exact) mass is 430 g/mol. The largest absolute Gasteiger partial charge is 0.351 e. The van der Waals surface area contributed by atoms with Gasteiger partial charge in [-0.1, -0.05) is 32.0 Å². The van der Waals surface area contributed by atoms with Crippen LogP contribution >= 0.6 is 0 Å². The second kappa shape index (κ2) is 9.19. The average molecular weight is 431 g/mol. The number of sulfonamides is 1. The molecule has 2 N–H and O–H groups in total. The van der Waals surface area contributed by atoms with Crippen LogP contribution in [-0.2, 0) is 10.0 Å². The SMILES string of the molecule is CC(C)c1c(C(=O)NCCNS(=O)(=O)c2ccccc2)cnn1-c1ccc(F)cc1. The van der Waals surface area contributed by atoms with Gasteiger partial charge in [0, 0.05) is 13.1 Å². The van der Waals surface area contributed by atoms with Crippen molar-refractivity contribution < 1.29 is 17.6 Å². The quantitative estimate of drug-likeness (QED) is 0.538. The van der Waals surface area contributed by atoms with Gasteiger partial charge < -0.3 is 5.32 Å². The fourth-order valence-corrected chi connectivity index (χ4v) is 4.07. The number of nitrogens with zero attached hydrogens (tertiary/aromatic N) is 2. The van der Waals surface area contributed by atoms with Crippen molar-refractivity contribution in [2.45, 2.75) is 24.7 Å². The molecule has 3 rings (SSSR count). The van der Waals surface area contributed by atoms with Gasteiger partial charge in [-0.25, -0.2) is 22.2 Å². The number of aromatic nitrogens is 2. The van der Waals surface area contributed by atoms with Crippen molar-refractivity contribution >= 4 is 15.9 Å². The highest BCUT2D eigenvalue weighted by Gasteiger charge is 2.21. The second-order valence-electron chi connectivity index (χ2n) is 6.95. The molecular weight excluding hydrogens is 407 g/mol. The van der Waals surface area contributed by atoms with Crippen molar-refractivity contribution in [1.29, 1.82) is 0 Å². The highest BCUT2D eigenvalue weighted by Crippen LogP contribution is 2.23. The molecule has 0 saturated heterocycles. The molecule has 0 fully saturated rings. The highest BCUT2D eigenvalue weighted by molar-refractivity contribution is 7.89. The third kappa shape index (κ3) is 4.92. The zero-order chi connectivity index (χ0) is 21.7. The lowest BCUT2D eigenvalue weighted by Crippen LogP contribution is -2.35. The number of rotatable bonds is 8. The molecule has 1 amide bonds. The maximum Gasteiger partial charge on any atom is 0.254 e. The normalized spacial score (nSPS) is 11.6. The summed E-state index contributed by atoms with van der Waals surface area (Å²) < 4.78 is 41.7. The fraction of sp³-hybridized carbons (Fsp3) is 0.238. The maximum absolute atomic E-state index is 13.2. The Morgan fingerprint density at radius 2 is 1.73 bits per heavy atom. The molecule has 0 unspecified atom stereocenters. The van der Waals surface area contributed by atoms with Crippen LogP contribution in [0.3, 0.4) is 0 Å². The van der Waals surface area contributed by atoms with Crippen LogP contribution in [0, 0.1) is 5.82 Å². The first-order valence-corrected chi connectivity index (χ1v) is 10.9. The zero-order valence-electron chi connectivity index (χ0n) is 16.7. The summed E-state index contributed by atoms with van der Waals surface area (Å²) in [6.07, 6.45) is 1.46. The van der Waals surface area contributed by atoms with Crippen molar-refractivity contribution in [2.75, 3.05) is 13.1 Å². The maximum atomic E-state index is 13.2. The van der Waals surface area contributed by atoms with E-state index in [-0.39, 0.29) is 35.6 Å². The summed E-state index contributed by atoms with van der Waals surface area (Å²) in [6, 6.07) is 13.9. The van der Waals surface area contributed by atoms with Crippen LogP contribution in [0.2, 0.25) is 0 Å². The first-order chi connectivity index (χ1) is 14.3. The predicted molar refractivity (Wildman–Crippen MR) is 112 cm³/mol. The Hall–Kier alpha value is -3.04. The van der Waals surface area contributed by atoms with Crippen molar-refractivity contribution in [3.63, 3.8) is 0 Å². The van der Waals surface area contributed by atoms with E-state index in [1.165, 1.54) is 30.5 Å². The van der Waals surface area contributed by atoms with Crippen LogP contribution in [-0.4, -0.2) is 37.2 Å². The molecule has 1 aromatic heterocycles. The van der Waals surface area contributed by atoms with Gasteiger partial charge in [0.15, 0.2) is 0 Å². The van der Waals surface area contributed by atoms with Crippen LogP contribution < -0.4 is 10.0 Å². The van der Waals surface area contributed by atoms with Crippen molar-refractivity contribution in [3.05, 3.63) is 77.9 Å². The molecule has 0 aliphatic carbocycles. The molecular formula is C21H23FN4O3S. The topological polar surface area (TPSA) is 93.1 Å². The summed E-state index contributed by atoms with van der Waals surface area (Å²) in [6.45, 7) is 4.03. The van der Waals surface area contributed by atoms with Gasteiger partial charge in [-0.3, -0.25) is 4.79 Å². The lowest BCUT2D eigenvalue weighted by atomic mass is 10.1. The number of halogens is 1. The van der Waals surface area contributed by atoms with Crippen LogP contribution in [0.4, 0.5) is 4.39 Å². The minimum absolute atomic E-state index is 0.0186. The Labute approximate surface area is 175 Å². The number of benzene rings is 2. The molecule has 2 aromatic carbocycles. The average Bonchev–Trinajstić information content (AvgIpc) is 3.18. The molecule has 3 aromatic rings. The number of carbonyl (C=O) groups excluding carboxylic acids is 1. The molecule has 0 spiro atoms. The van der Waals surface area contributed by atoms with Crippen molar-refractivity contribution in [2.24, 2.45) is 0 Å². The molecule has 1 heterocycles. The van der Waals surface area contributed by atoms with E-state index in [4.69, 9.17) is 0 Å². The van der Waals surface area contributed by atoms with E-state index in [0.717, 1.165) is 0 Å². The molecule has 7 nitrogen and oxygen atoms in total. The van der Waals surface area contributed by atoms with Crippen molar-refractivity contribution in [1.82, 2.24) is 19.8 Å². The van der Waals surface area contributed by atoms with Gasteiger partial charge in [0.2, 0.25) is 10.0 Å². The minimum atomic E-state index is -3.63. The first-order valence-electron chi connectivity index (χ1n) is 9.46. The Morgan fingerprint density at radius 3 is 2.37 bits per heavy atom. The Bertz CT molecular complexity index is 1110. The van der Waals surface area contributed by atoms with Gasteiger partial charge in [-0.15, -0.1) is 0 Å². The number of hydrogen-bond acceptors (Lipinski definition) is 4. The van der Waals surface area contributed by atoms with Crippen LogP contribution in [0.1, 0.15) is 35.8 Å². The third-order valence-electron chi connectivity index (χ3n) is 4.43. The van der Waals surface area contributed by atoms with E-state index in [1.54, 1.807) is 35.0 Å². The summed E-state index contributed by atoms with van der Waals surface area (Å²) in [5.74, 6) is -0.728. The van der Waals surface area contributed by atoms with Gasteiger partial charge in [-0.05, 0) is 42.3 Å². The van der Waals surface area contributed by atoms with Gasteiger partial charge in [0.1, 0.15) is 5.82 Å². The standard InChI is InChI=1S/C21H23FN4O3S/c1-15(2)20-19(14-24-26(20)17-10-8-16(22)9-11-17)21(27)23-12-13-25-30(28,29)18-6-4-3-5-7-18/h3-11,14-15,25H,12-13H2,1-2H3,(H,23,27). The lowest BCUT2D eigenvalue weighted by molar-refractivity contribution is 0.0953. The second-order valence-corrected chi connectivity index (χ2v) is 8.72. The van der Waals surface area contributed by atoms with Gasteiger partial charge in [0.05, 0.1) is 28.0 Å². The highest BCUT2D eigenvalue weighted by atomic mass is 32.2. The first kappa shape index (κ1) is 21.7. The predicted octanol–water partition coefficient (Wildman–Crippen LogP) is 2.84. The van der Waals surface area contributed by atoms with Crippen LogP contribution in [0.25, 0.3) is 5.69 Å². The summed E-state index contributed by atoms with van der Waals surface area (Å²) >= 11 is 0. The molecule has 0 bridgehead atoms. The van der Waals surface area contributed by atoms with E-state index in [1.807, 2.05) is 13.8 Å². The minimum Gasteiger partial charge on any atom is -0.351 e. The van der Waals surface area contributed by atoms with E-state index >= 15 is 0 Å². The van der Waals surface area contributed by atoms with Gasteiger partial charge >= 0.3 is 0 Å². The van der Waals surface area contributed by atoms with E-state index in [0.29, 0.717) is 16.9 Å². The fourth-order valence-electron chi connectivity index (χ4n) is 3.02. The molecule has 30 heavy (non-hydrogen) atoms. The van der Waals surface area contributed by atoms with Crippen LogP contribution in [0.5, 0.6) is 0 Å². The number of amides is 1. The van der Waals surface area contributed by atoms with Gasteiger partial charge in [0.25, 0.3) is 5.91 Å². The summed E-state index contributed by atoms with van der Waals surface area (Å²) in [4.78, 5) is 12.8. The third-order valence-corrected chi connectivity index (χ3v) is 5.90. The summed E-state index contributed by atoms with van der Waals surface area (Å²) in [7, 11) is -3.63. The van der Waals surface area contributed by atoms with E-state index < -0.39 is 10.0 Å². The Morgan fingerprint density at radius 1 is 1.07 bits per heavy atom. The summed E-state index contributed by atoms with van der Waals surface area (Å²) in [5.41, 5.74) is 1.72. The van der Waals surface area contributed by atoms with Crippen LogP contribution in [0.15, 0.2) is 65.7 Å². The van der Waals surface area contributed by atoms with Gasteiger partial charge in [-0.2, -0.15) is 5.10 Å². The zero-order valence-corrected chi connectivity index (χ0v) is 17.5. The molecule has 0 radical (unpaired) electrons. The van der Waals surface area contributed by atoms with E-state index in [2.05, 4.69) is 15.1 Å². The smallest absolute Gasteiger partial charge is 0.254 e. The molecule has 0 saturated carbocycles. The Balaban J connectivity index is 1.66. The number of hydrogen-bond donors (Lipinski definition) is 2.